The summed E-state index contributed by atoms with van der Waals surface area (Å²) in [7, 11) is 1.52. The van der Waals surface area contributed by atoms with Gasteiger partial charge in [-0.2, -0.15) is 26.3 Å². The van der Waals surface area contributed by atoms with Gasteiger partial charge in [-0.15, -0.1) is 10.2 Å². The molecule has 0 aliphatic heterocycles. The minimum atomic E-state index is -5.01. The number of anilines is 1. The molecule has 1 heterocycles. The topological polar surface area (TPSA) is 69.0 Å². The van der Waals surface area contributed by atoms with E-state index < -0.39 is 35.1 Å². The molecule has 0 aliphatic carbocycles. The van der Waals surface area contributed by atoms with Crippen LogP contribution in [0.3, 0.4) is 0 Å². The van der Waals surface area contributed by atoms with Crippen molar-refractivity contribution in [3.8, 4) is 17.1 Å². The third-order valence-electron chi connectivity index (χ3n) is 4.56. The third-order valence-corrected chi connectivity index (χ3v) is 5.53. The number of amides is 1. The largest absolute Gasteiger partial charge is 0.497 e. The summed E-state index contributed by atoms with van der Waals surface area (Å²) in [6, 6.07) is 7.98. The molecule has 0 saturated heterocycles. The Hall–Kier alpha value is -3.22. The second kappa shape index (κ2) is 9.95. The second-order valence-electron chi connectivity index (χ2n) is 6.91. The summed E-state index contributed by atoms with van der Waals surface area (Å²) >= 11 is 0.946. The zero-order valence-corrected chi connectivity index (χ0v) is 18.6. The average molecular weight is 504 g/mol. The van der Waals surface area contributed by atoms with Gasteiger partial charge < -0.3 is 14.6 Å². The van der Waals surface area contributed by atoms with Gasteiger partial charge in [0.15, 0.2) is 11.0 Å². The van der Waals surface area contributed by atoms with Crippen LogP contribution in [0, 0.1) is 0 Å². The van der Waals surface area contributed by atoms with E-state index in [4.69, 9.17) is 4.74 Å². The third kappa shape index (κ3) is 6.01. The number of rotatable bonds is 7. The fourth-order valence-corrected chi connectivity index (χ4v) is 3.81. The second-order valence-corrected chi connectivity index (χ2v) is 7.86. The van der Waals surface area contributed by atoms with Crippen molar-refractivity contribution in [3.63, 3.8) is 0 Å². The van der Waals surface area contributed by atoms with E-state index in [0.29, 0.717) is 41.0 Å². The number of alkyl halides is 6. The van der Waals surface area contributed by atoms with Gasteiger partial charge in [-0.25, -0.2) is 0 Å². The normalized spacial score (nSPS) is 12.0. The van der Waals surface area contributed by atoms with Gasteiger partial charge in [0.25, 0.3) is 0 Å². The SMILES string of the molecule is CCn1c(SCC(=O)Nc2cc(C(F)(F)F)cc(C(F)(F)F)c2)nnc1-c1cccc(OC)c1. The lowest BCUT2D eigenvalue weighted by molar-refractivity contribution is -0.143. The smallest absolute Gasteiger partial charge is 0.416 e. The highest BCUT2D eigenvalue weighted by atomic mass is 32.2. The number of nitrogens with zero attached hydrogens (tertiary/aromatic N) is 3. The number of aromatic nitrogens is 3. The molecule has 1 amide bonds. The summed E-state index contributed by atoms with van der Waals surface area (Å²) < 4.78 is 85.0. The summed E-state index contributed by atoms with van der Waals surface area (Å²) in [6.07, 6.45) is -10.0. The number of hydrogen-bond donors (Lipinski definition) is 1. The first-order valence-corrected chi connectivity index (χ1v) is 10.7. The van der Waals surface area contributed by atoms with E-state index in [2.05, 4.69) is 15.5 Å². The molecule has 0 aliphatic rings. The number of thioether (sulfide) groups is 1. The van der Waals surface area contributed by atoms with Gasteiger partial charge in [-0.3, -0.25) is 4.79 Å². The van der Waals surface area contributed by atoms with Crippen LogP contribution in [0.15, 0.2) is 47.6 Å². The lowest BCUT2D eigenvalue weighted by Gasteiger charge is -2.14. The van der Waals surface area contributed by atoms with Gasteiger partial charge in [0.1, 0.15) is 5.75 Å². The first-order chi connectivity index (χ1) is 15.9. The van der Waals surface area contributed by atoms with Gasteiger partial charge in [0.05, 0.1) is 24.0 Å². The van der Waals surface area contributed by atoms with Crippen molar-refractivity contribution in [3.05, 3.63) is 53.6 Å². The highest BCUT2D eigenvalue weighted by molar-refractivity contribution is 7.99. The number of nitrogens with one attached hydrogen (secondary N) is 1. The molecule has 3 rings (SSSR count). The number of carbonyl (C=O) groups excluding carboxylic acids is 1. The summed E-state index contributed by atoms with van der Waals surface area (Å²) in [5.74, 6) is 0.00693. The fraction of sp³-hybridized carbons (Fsp3) is 0.286. The van der Waals surface area contributed by atoms with E-state index in [1.165, 1.54) is 7.11 Å². The molecule has 0 fully saturated rings. The molecular formula is C21H18F6N4O2S. The zero-order chi connectivity index (χ0) is 25.1. The van der Waals surface area contributed by atoms with Gasteiger partial charge in [-0.05, 0) is 37.3 Å². The number of methoxy groups -OCH3 is 1. The van der Waals surface area contributed by atoms with Crippen molar-refractivity contribution in [2.24, 2.45) is 0 Å². The van der Waals surface area contributed by atoms with E-state index in [1.807, 2.05) is 6.92 Å². The highest BCUT2D eigenvalue weighted by Crippen LogP contribution is 2.37. The maximum Gasteiger partial charge on any atom is 0.416 e. The number of carbonyl (C=O) groups is 1. The van der Waals surface area contributed by atoms with Crippen LogP contribution in [-0.2, 0) is 23.7 Å². The summed E-state index contributed by atoms with van der Waals surface area (Å²) in [4.78, 5) is 12.3. The van der Waals surface area contributed by atoms with Crippen LogP contribution in [0.4, 0.5) is 32.0 Å². The number of hydrogen-bond acceptors (Lipinski definition) is 5. The minimum absolute atomic E-state index is 0.00572. The first kappa shape index (κ1) is 25.4. The van der Waals surface area contributed by atoms with Crippen molar-refractivity contribution < 1.29 is 35.9 Å². The standard InChI is InChI=1S/C21H18F6N4O2S/c1-3-31-18(12-5-4-6-16(7-12)33-2)29-30-19(31)34-11-17(32)28-15-9-13(20(22,23)24)8-14(10-15)21(25,26)27/h4-10H,3,11H2,1-2H3,(H,28,32). The van der Waals surface area contributed by atoms with Crippen LogP contribution in [-0.4, -0.2) is 33.5 Å². The first-order valence-electron chi connectivity index (χ1n) is 9.72. The molecule has 0 saturated carbocycles. The molecule has 1 N–H and O–H groups in total. The van der Waals surface area contributed by atoms with Crippen molar-refractivity contribution in [2.75, 3.05) is 18.2 Å². The predicted octanol–water partition coefficient (Wildman–Crippen LogP) is 5.74. The molecule has 34 heavy (non-hydrogen) atoms. The number of ether oxygens (including phenoxy) is 1. The molecular weight excluding hydrogens is 486 g/mol. The van der Waals surface area contributed by atoms with Crippen LogP contribution in [0.5, 0.6) is 5.75 Å². The molecule has 1 aromatic heterocycles. The van der Waals surface area contributed by atoms with Crippen LogP contribution >= 0.6 is 11.8 Å². The molecule has 0 radical (unpaired) electrons. The number of halogens is 6. The minimum Gasteiger partial charge on any atom is -0.497 e. The molecule has 0 unspecified atom stereocenters. The lowest BCUT2D eigenvalue weighted by atomic mass is 10.1. The van der Waals surface area contributed by atoms with Crippen LogP contribution in [0.25, 0.3) is 11.4 Å². The maximum absolute atomic E-state index is 13.0. The lowest BCUT2D eigenvalue weighted by Crippen LogP contribution is -2.17. The van der Waals surface area contributed by atoms with Crippen molar-refractivity contribution in [2.45, 2.75) is 31.0 Å². The molecule has 2 aromatic carbocycles. The number of benzene rings is 2. The summed E-state index contributed by atoms with van der Waals surface area (Å²) in [5, 5.41) is 10.6. The van der Waals surface area contributed by atoms with E-state index in [9.17, 15) is 31.1 Å². The van der Waals surface area contributed by atoms with Crippen LogP contribution < -0.4 is 10.1 Å². The molecule has 0 bridgehead atoms. The van der Waals surface area contributed by atoms with E-state index in [-0.39, 0.29) is 11.8 Å². The van der Waals surface area contributed by atoms with Gasteiger partial charge >= 0.3 is 12.4 Å². The highest BCUT2D eigenvalue weighted by Gasteiger charge is 2.37. The summed E-state index contributed by atoms with van der Waals surface area (Å²) in [5.41, 5.74) is -2.92. The molecule has 13 heteroatoms. The van der Waals surface area contributed by atoms with Crippen molar-refractivity contribution in [1.29, 1.82) is 0 Å². The van der Waals surface area contributed by atoms with Gasteiger partial charge in [0.2, 0.25) is 5.91 Å². The van der Waals surface area contributed by atoms with Crippen molar-refractivity contribution in [1.82, 2.24) is 14.8 Å². The van der Waals surface area contributed by atoms with Crippen molar-refractivity contribution >= 4 is 23.4 Å². The Bertz CT molecular complexity index is 1140. The monoisotopic (exact) mass is 504 g/mol. The Morgan fingerprint density at radius 2 is 1.68 bits per heavy atom. The Kier molecular flexibility index (Phi) is 7.44. The molecule has 182 valence electrons. The molecule has 0 spiro atoms. The Balaban J connectivity index is 1.76. The predicted molar refractivity (Wildman–Crippen MR) is 113 cm³/mol. The average Bonchev–Trinajstić information content (AvgIpc) is 3.19. The Morgan fingerprint density at radius 3 is 2.24 bits per heavy atom. The summed E-state index contributed by atoms with van der Waals surface area (Å²) in [6.45, 7) is 2.28. The van der Waals surface area contributed by atoms with E-state index in [1.54, 1.807) is 28.8 Å². The fourth-order valence-electron chi connectivity index (χ4n) is 3.01. The zero-order valence-electron chi connectivity index (χ0n) is 17.8. The Labute approximate surface area is 194 Å². The van der Waals surface area contributed by atoms with Crippen LogP contribution in [0.2, 0.25) is 0 Å². The maximum atomic E-state index is 13.0. The van der Waals surface area contributed by atoms with Gasteiger partial charge in [0, 0.05) is 17.8 Å². The molecule has 6 nitrogen and oxygen atoms in total. The Morgan fingerprint density at radius 1 is 1.03 bits per heavy atom. The quantitative estimate of drug-likeness (QED) is 0.328. The van der Waals surface area contributed by atoms with Gasteiger partial charge in [-0.1, -0.05) is 23.9 Å². The van der Waals surface area contributed by atoms with E-state index >= 15 is 0 Å². The van der Waals surface area contributed by atoms with E-state index in [0.717, 1.165) is 11.8 Å². The molecule has 0 atom stereocenters. The van der Waals surface area contributed by atoms with Crippen LogP contribution in [0.1, 0.15) is 18.1 Å². The molecule has 3 aromatic rings.